The molecular formula is C22H17ClF3NO2. The van der Waals surface area contributed by atoms with Gasteiger partial charge in [-0.05, 0) is 48.7 Å². The van der Waals surface area contributed by atoms with E-state index >= 15 is 0 Å². The molecule has 1 amide bonds. The molecule has 4 rings (SSSR count). The second-order valence-corrected chi connectivity index (χ2v) is 7.66. The maximum Gasteiger partial charge on any atom is 0.416 e. The predicted molar refractivity (Wildman–Crippen MR) is 104 cm³/mol. The Hall–Kier alpha value is -2.60. The van der Waals surface area contributed by atoms with Crippen molar-refractivity contribution in [1.82, 2.24) is 0 Å². The number of Topliss-reactive ketones (excluding diaryl/α,β-unsaturated/α-hetero) is 1. The Labute approximate surface area is 170 Å². The number of carbonyl (C=O) groups is 2. The molecule has 0 bridgehead atoms. The Morgan fingerprint density at radius 2 is 1.72 bits per heavy atom. The van der Waals surface area contributed by atoms with E-state index in [1.165, 1.54) is 12.1 Å². The number of allylic oxidation sites excluding steroid dienone is 2. The summed E-state index contributed by atoms with van der Waals surface area (Å²) in [4.78, 5) is 27.4. The molecule has 0 spiro atoms. The van der Waals surface area contributed by atoms with Crippen LogP contribution in [0.5, 0.6) is 0 Å². The lowest BCUT2D eigenvalue weighted by Crippen LogP contribution is -2.40. The maximum atomic E-state index is 13.0. The zero-order chi connectivity index (χ0) is 20.8. The molecule has 2 aromatic carbocycles. The van der Waals surface area contributed by atoms with E-state index in [-0.39, 0.29) is 18.1 Å². The van der Waals surface area contributed by atoms with Gasteiger partial charge in [0.05, 0.1) is 11.3 Å². The summed E-state index contributed by atoms with van der Waals surface area (Å²) in [6.45, 7) is 0. The SMILES string of the molecule is O=C1CCCC2=C1C(c1ccc(C(F)(F)F)cc1)CC(=O)N2c1cccc(Cl)c1. The Bertz CT molecular complexity index is 1010. The lowest BCUT2D eigenvalue weighted by molar-refractivity contribution is -0.137. The van der Waals surface area contributed by atoms with Gasteiger partial charge in [0.25, 0.3) is 0 Å². The van der Waals surface area contributed by atoms with E-state index < -0.39 is 17.7 Å². The van der Waals surface area contributed by atoms with E-state index in [1.54, 1.807) is 29.2 Å². The second kappa shape index (κ2) is 7.34. The van der Waals surface area contributed by atoms with Gasteiger partial charge in [0, 0.05) is 35.1 Å². The Balaban J connectivity index is 1.80. The first kappa shape index (κ1) is 19.7. The Morgan fingerprint density at radius 1 is 1.00 bits per heavy atom. The number of alkyl halides is 3. The topological polar surface area (TPSA) is 37.4 Å². The normalized spacial score (nSPS) is 20.1. The number of carbonyl (C=O) groups excluding carboxylic acids is 2. The lowest BCUT2D eigenvalue weighted by Gasteiger charge is -2.38. The largest absolute Gasteiger partial charge is 0.416 e. The minimum atomic E-state index is -4.44. The van der Waals surface area contributed by atoms with Crippen LogP contribution in [0.15, 0.2) is 59.8 Å². The zero-order valence-electron chi connectivity index (χ0n) is 15.3. The van der Waals surface area contributed by atoms with E-state index in [1.807, 2.05) is 0 Å². The van der Waals surface area contributed by atoms with E-state index in [0.29, 0.717) is 46.8 Å². The fourth-order valence-corrected chi connectivity index (χ4v) is 4.28. The number of halogens is 4. The van der Waals surface area contributed by atoms with Crippen molar-refractivity contribution >= 4 is 29.0 Å². The van der Waals surface area contributed by atoms with Crippen LogP contribution < -0.4 is 4.90 Å². The van der Waals surface area contributed by atoms with Gasteiger partial charge in [-0.2, -0.15) is 13.2 Å². The number of hydrogen-bond donors (Lipinski definition) is 0. The highest BCUT2D eigenvalue weighted by Gasteiger charge is 2.40. The average Bonchev–Trinajstić information content (AvgIpc) is 2.67. The van der Waals surface area contributed by atoms with Gasteiger partial charge in [-0.1, -0.05) is 29.8 Å². The van der Waals surface area contributed by atoms with Gasteiger partial charge >= 0.3 is 6.18 Å². The summed E-state index contributed by atoms with van der Waals surface area (Å²) in [6.07, 6.45) is -2.87. The standard InChI is InChI=1S/C22H17ClF3NO2/c23-15-3-1-4-16(11-15)27-18-5-2-6-19(28)21(18)17(12-20(27)29)13-7-9-14(10-8-13)22(24,25)26/h1,3-4,7-11,17H,2,5-6,12H2. The summed E-state index contributed by atoms with van der Waals surface area (Å²) in [7, 11) is 0. The molecule has 1 atom stereocenters. The fourth-order valence-electron chi connectivity index (χ4n) is 4.10. The van der Waals surface area contributed by atoms with Crippen LogP contribution in [0.1, 0.15) is 42.7 Å². The van der Waals surface area contributed by atoms with Crippen LogP contribution in [0.3, 0.4) is 0 Å². The highest BCUT2D eigenvalue weighted by molar-refractivity contribution is 6.31. The highest BCUT2D eigenvalue weighted by Crippen LogP contribution is 2.44. The summed E-state index contributed by atoms with van der Waals surface area (Å²) in [5.74, 6) is -0.802. The highest BCUT2D eigenvalue weighted by atomic mass is 35.5. The van der Waals surface area contributed by atoms with Gasteiger partial charge in [-0.15, -0.1) is 0 Å². The molecule has 1 aliphatic carbocycles. The van der Waals surface area contributed by atoms with E-state index in [2.05, 4.69) is 0 Å². The number of rotatable bonds is 2. The number of amides is 1. The maximum absolute atomic E-state index is 13.0. The van der Waals surface area contributed by atoms with Crippen molar-refractivity contribution in [3.05, 3.63) is 76.0 Å². The molecule has 0 saturated carbocycles. The first-order chi connectivity index (χ1) is 13.8. The third kappa shape index (κ3) is 3.69. The van der Waals surface area contributed by atoms with Crippen LogP contribution in [-0.4, -0.2) is 11.7 Å². The molecule has 2 aliphatic rings. The number of hydrogen-bond acceptors (Lipinski definition) is 2. The van der Waals surface area contributed by atoms with Crippen molar-refractivity contribution in [3.8, 4) is 0 Å². The van der Waals surface area contributed by atoms with Gasteiger partial charge in [-0.3, -0.25) is 14.5 Å². The van der Waals surface area contributed by atoms with E-state index in [4.69, 9.17) is 11.6 Å². The number of benzene rings is 2. The zero-order valence-corrected chi connectivity index (χ0v) is 16.1. The van der Waals surface area contributed by atoms with Crippen molar-refractivity contribution < 1.29 is 22.8 Å². The first-order valence-corrected chi connectivity index (χ1v) is 9.65. The van der Waals surface area contributed by atoms with Crippen LogP contribution in [0.4, 0.5) is 18.9 Å². The molecule has 0 N–H and O–H groups in total. The molecule has 0 saturated heterocycles. The van der Waals surface area contributed by atoms with Gasteiger partial charge in [0.1, 0.15) is 0 Å². The molecule has 1 unspecified atom stereocenters. The third-order valence-electron chi connectivity index (χ3n) is 5.38. The fraction of sp³-hybridized carbons (Fsp3) is 0.273. The summed E-state index contributed by atoms with van der Waals surface area (Å²) in [5.41, 5.74) is 1.53. The molecule has 7 heteroatoms. The van der Waals surface area contributed by atoms with E-state index in [9.17, 15) is 22.8 Å². The summed E-state index contributed by atoms with van der Waals surface area (Å²) in [5, 5.41) is 0.476. The van der Waals surface area contributed by atoms with Crippen LogP contribution >= 0.6 is 11.6 Å². The van der Waals surface area contributed by atoms with Crippen molar-refractivity contribution in [2.75, 3.05) is 4.90 Å². The number of ketones is 1. The molecule has 2 aromatic rings. The molecule has 0 radical (unpaired) electrons. The Kier molecular flexibility index (Phi) is 4.99. The molecule has 1 aliphatic heterocycles. The van der Waals surface area contributed by atoms with Crippen molar-refractivity contribution in [1.29, 1.82) is 0 Å². The van der Waals surface area contributed by atoms with Gasteiger partial charge in [0.2, 0.25) is 5.91 Å². The molecular weight excluding hydrogens is 403 g/mol. The minimum absolute atomic E-state index is 0.0163. The van der Waals surface area contributed by atoms with Crippen molar-refractivity contribution in [3.63, 3.8) is 0 Å². The van der Waals surface area contributed by atoms with Gasteiger partial charge in [0.15, 0.2) is 5.78 Å². The number of nitrogens with zero attached hydrogens (tertiary/aromatic N) is 1. The molecule has 29 heavy (non-hydrogen) atoms. The van der Waals surface area contributed by atoms with Crippen LogP contribution in [0.2, 0.25) is 5.02 Å². The average molecular weight is 420 g/mol. The minimum Gasteiger partial charge on any atom is -0.294 e. The quantitative estimate of drug-likeness (QED) is 0.609. The number of anilines is 1. The van der Waals surface area contributed by atoms with Crippen molar-refractivity contribution in [2.24, 2.45) is 0 Å². The Morgan fingerprint density at radius 3 is 2.38 bits per heavy atom. The molecule has 0 aromatic heterocycles. The summed E-state index contributed by atoms with van der Waals surface area (Å²) in [6, 6.07) is 11.6. The molecule has 150 valence electrons. The lowest BCUT2D eigenvalue weighted by atomic mass is 9.77. The predicted octanol–water partition coefficient (Wildman–Crippen LogP) is 5.89. The third-order valence-corrected chi connectivity index (χ3v) is 5.62. The van der Waals surface area contributed by atoms with Crippen molar-refractivity contribution in [2.45, 2.75) is 37.8 Å². The molecule has 0 fully saturated rings. The monoisotopic (exact) mass is 419 g/mol. The molecule has 1 heterocycles. The van der Waals surface area contributed by atoms with Crippen LogP contribution in [0, 0.1) is 0 Å². The smallest absolute Gasteiger partial charge is 0.294 e. The molecule has 3 nitrogen and oxygen atoms in total. The van der Waals surface area contributed by atoms with E-state index in [0.717, 1.165) is 12.1 Å². The first-order valence-electron chi connectivity index (χ1n) is 9.27. The van der Waals surface area contributed by atoms with Gasteiger partial charge < -0.3 is 0 Å². The second-order valence-electron chi connectivity index (χ2n) is 7.22. The summed E-state index contributed by atoms with van der Waals surface area (Å²) < 4.78 is 38.7. The van der Waals surface area contributed by atoms with Gasteiger partial charge in [-0.25, -0.2) is 0 Å². The van der Waals surface area contributed by atoms with Crippen LogP contribution in [-0.2, 0) is 15.8 Å². The summed E-state index contributed by atoms with van der Waals surface area (Å²) >= 11 is 6.08. The van der Waals surface area contributed by atoms with Crippen LogP contribution in [0.25, 0.3) is 0 Å².